The summed E-state index contributed by atoms with van der Waals surface area (Å²) in [5.41, 5.74) is 1.70. The van der Waals surface area contributed by atoms with Crippen LogP contribution in [0.5, 0.6) is 0 Å². The maximum Gasteiger partial charge on any atom is 0.338 e. The normalized spacial score (nSPS) is 14.1. The number of aliphatic hydroxyl groups excluding tert-OH is 1. The van der Waals surface area contributed by atoms with Crippen molar-refractivity contribution in [2.45, 2.75) is 6.92 Å². The molecule has 0 aromatic heterocycles. The average Bonchev–Trinajstić information content (AvgIpc) is 2.76. The van der Waals surface area contributed by atoms with E-state index in [4.69, 9.17) is 9.84 Å². The Morgan fingerprint density at radius 2 is 2.09 bits per heavy atom. The summed E-state index contributed by atoms with van der Waals surface area (Å²) >= 11 is 0. The molecule has 22 heavy (non-hydrogen) atoms. The second-order valence-corrected chi connectivity index (χ2v) is 4.72. The Balaban J connectivity index is 2.22. The lowest BCUT2D eigenvalue weighted by Gasteiger charge is -2.14. The van der Waals surface area contributed by atoms with Gasteiger partial charge in [0.05, 0.1) is 25.8 Å². The highest BCUT2D eigenvalue weighted by molar-refractivity contribution is 6.17. The molecule has 1 aromatic rings. The number of anilines is 1. The summed E-state index contributed by atoms with van der Waals surface area (Å²) in [4.78, 5) is 36.3. The summed E-state index contributed by atoms with van der Waals surface area (Å²) in [7, 11) is 1.29. The maximum absolute atomic E-state index is 12.0. The molecular weight excluding hydrogens is 288 g/mol. The molecule has 0 aliphatic carbocycles. The van der Waals surface area contributed by atoms with Crippen molar-refractivity contribution in [2.24, 2.45) is 0 Å². The average molecular weight is 304 g/mol. The molecule has 2 rings (SSSR count). The van der Waals surface area contributed by atoms with E-state index in [2.05, 4.69) is 5.32 Å². The van der Waals surface area contributed by atoms with Gasteiger partial charge in [-0.1, -0.05) is 6.07 Å². The number of rotatable bonds is 5. The largest absolute Gasteiger partial charge is 0.465 e. The van der Waals surface area contributed by atoms with E-state index in [1.165, 1.54) is 7.11 Å². The monoisotopic (exact) mass is 304 g/mol. The first kappa shape index (κ1) is 15.7. The highest BCUT2D eigenvalue weighted by atomic mass is 16.5. The number of hydrogen-bond acceptors (Lipinski definition) is 6. The topological polar surface area (TPSA) is 95.9 Å². The van der Waals surface area contributed by atoms with Crippen molar-refractivity contribution in [1.29, 1.82) is 0 Å². The quantitative estimate of drug-likeness (QED) is 0.605. The van der Waals surface area contributed by atoms with Gasteiger partial charge in [-0.3, -0.25) is 14.5 Å². The molecule has 1 heterocycles. The summed E-state index contributed by atoms with van der Waals surface area (Å²) in [5.74, 6) is -1.48. The third-order valence-corrected chi connectivity index (χ3v) is 3.25. The van der Waals surface area contributed by atoms with Crippen LogP contribution < -0.4 is 5.32 Å². The molecule has 0 spiro atoms. The van der Waals surface area contributed by atoms with E-state index in [1.54, 1.807) is 25.1 Å². The van der Waals surface area contributed by atoms with Gasteiger partial charge in [-0.15, -0.1) is 0 Å². The molecule has 116 valence electrons. The standard InChI is InChI=1S/C15H16N2O5/c1-9-3-4-10(7-11(9)15(21)22-2)16-12-8-13(19)17(5-6-18)14(12)20/h3-4,7-8,16,18H,5-6H2,1-2H3. The van der Waals surface area contributed by atoms with Gasteiger partial charge in [0.2, 0.25) is 0 Å². The summed E-state index contributed by atoms with van der Waals surface area (Å²) in [5, 5.41) is 11.7. The Hall–Kier alpha value is -2.67. The fourth-order valence-electron chi connectivity index (χ4n) is 2.10. The van der Waals surface area contributed by atoms with E-state index in [1.807, 2.05) is 0 Å². The third kappa shape index (κ3) is 2.99. The van der Waals surface area contributed by atoms with Gasteiger partial charge in [0.1, 0.15) is 5.70 Å². The van der Waals surface area contributed by atoms with Crippen LogP contribution in [0.25, 0.3) is 0 Å². The van der Waals surface area contributed by atoms with Crippen LogP contribution >= 0.6 is 0 Å². The predicted octanol–water partition coefficient (Wildman–Crippen LogP) is 0.439. The van der Waals surface area contributed by atoms with E-state index >= 15 is 0 Å². The predicted molar refractivity (Wildman–Crippen MR) is 78.0 cm³/mol. The molecule has 0 bridgehead atoms. The number of amides is 2. The SMILES string of the molecule is COC(=O)c1cc(NC2=CC(=O)N(CCO)C2=O)ccc1C. The Morgan fingerprint density at radius 3 is 2.73 bits per heavy atom. The van der Waals surface area contributed by atoms with Crippen LogP contribution in [0.4, 0.5) is 5.69 Å². The number of esters is 1. The molecule has 0 unspecified atom stereocenters. The number of carbonyl (C=O) groups excluding carboxylic acids is 3. The number of β-amino-alcohol motifs (C(OH)–C–C–N with tert-alkyl or cyclic N) is 1. The summed E-state index contributed by atoms with van der Waals surface area (Å²) in [6.45, 7) is 1.42. The molecule has 2 amide bonds. The first-order valence-electron chi connectivity index (χ1n) is 6.62. The molecule has 0 radical (unpaired) electrons. The van der Waals surface area contributed by atoms with Crippen LogP contribution in [0, 0.1) is 6.92 Å². The second-order valence-electron chi connectivity index (χ2n) is 4.72. The number of nitrogens with one attached hydrogen (secondary N) is 1. The summed E-state index contributed by atoms with van der Waals surface area (Å²) in [6.07, 6.45) is 1.16. The second kappa shape index (κ2) is 6.40. The van der Waals surface area contributed by atoms with Crippen molar-refractivity contribution in [1.82, 2.24) is 4.90 Å². The number of benzene rings is 1. The molecule has 1 aliphatic rings. The van der Waals surface area contributed by atoms with Crippen molar-refractivity contribution in [2.75, 3.05) is 25.6 Å². The van der Waals surface area contributed by atoms with Gasteiger partial charge in [-0.05, 0) is 24.6 Å². The molecule has 7 nitrogen and oxygen atoms in total. The first-order valence-corrected chi connectivity index (χ1v) is 6.62. The number of nitrogens with zero attached hydrogens (tertiary/aromatic N) is 1. The molecule has 1 aliphatic heterocycles. The van der Waals surface area contributed by atoms with E-state index in [0.717, 1.165) is 16.5 Å². The Morgan fingerprint density at radius 1 is 1.36 bits per heavy atom. The lowest BCUT2D eigenvalue weighted by atomic mass is 10.1. The summed E-state index contributed by atoms with van der Waals surface area (Å²) in [6, 6.07) is 4.95. The van der Waals surface area contributed by atoms with Crippen LogP contribution in [-0.4, -0.2) is 48.1 Å². The molecule has 0 atom stereocenters. The molecule has 0 saturated heterocycles. The fourth-order valence-corrected chi connectivity index (χ4v) is 2.10. The Bertz CT molecular complexity index is 666. The minimum atomic E-state index is -0.515. The number of ether oxygens (including phenoxy) is 1. The third-order valence-electron chi connectivity index (χ3n) is 3.25. The van der Waals surface area contributed by atoms with Crippen LogP contribution in [0.15, 0.2) is 30.0 Å². The van der Waals surface area contributed by atoms with Crippen LogP contribution in [0.1, 0.15) is 15.9 Å². The van der Waals surface area contributed by atoms with Gasteiger partial charge in [-0.2, -0.15) is 0 Å². The molecule has 0 fully saturated rings. The fraction of sp³-hybridized carbons (Fsp3) is 0.267. The number of methoxy groups -OCH3 is 1. The van der Waals surface area contributed by atoms with E-state index in [9.17, 15) is 14.4 Å². The minimum Gasteiger partial charge on any atom is -0.465 e. The maximum atomic E-state index is 12.0. The lowest BCUT2D eigenvalue weighted by Crippen LogP contribution is -2.34. The lowest BCUT2D eigenvalue weighted by molar-refractivity contribution is -0.137. The van der Waals surface area contributed by atoms with Crippen molar-refractivity contribution >= 4 is 23.5 Å². The zero-order valence-electron chi connectivity index (χ0n) is 12.3. The zero-order valence-corrected chi connectivity index (χ0v) is 12.3. The van der Waals surface area contributed by atoms with Gasteiger partial charge in [-0.25, -0.2) is 4.79 Å². The molecule has 1 aromatic carbocycles. The smallest absolute Gasteiger partial charge is 0.338 e. The number of carbonyl (C=O) groups is 3. The van der Waals surface area contributed by atoms with Crippen LogP contribution in [0.3, 0.4) is 0 Å². The van der Waals surface area contributed by atoms with Crippen molar-refractivity contribution < 1.29 is 24.2 Å². The van der Waals surface area contributed by atoms with Crippen LogP contribution in [-0.2, 0) is 14.3 Å². The molecule has 2 N–H and O–H groups in total. The van der Waals surface area contributed by atoms with Crippen molar-refractivity contribution in [3.05, 3.63) is 41.1 Å². The number of hydrogen-bond donors (Lipinski definition) is 2. The van der Waals surface area contributed by atoms with Gasteiger partial charge in [0.25, 0.3) is 11.8 Å². The first-order chi connectivity index (χ1) is 10.5. The number of aryl methyl sites for hydroxylation is 1. The van der Waals surface area contributed by atoms with E-state index < -0.39 is 17.8 Å². The van der Waals surface area contributed by atoms with Gasteiger partial charge >= 0.3 is 5.97 Å². The van der Waals surface area contributed by atoms with Crippen molar-refractivity contribution in [3.8, 4) is 0 Å². The van der Waals surface area contributed by atoms with Crippen LogP contribution in [0.2, 0.25) is 0 Å². The molecular formula is C15H16N2O5. The van der Waals surface area contributed by atoms with Gasteiger partial charge in [0.15, 0.2) is 0 Å². The zero-order chi connectivity index (χ0) is 16.3. The minimum absolute atomic E-state index is 0.0549. The van der Waals surface area contributed by atoms with Crippen molar-refractivity contribution in [3.63, 3.8) is 0 Å². The van der Waals surface area contributed by atoms with E-state index in [-0.39, 0.29) is 18.8 Å². The van der Waals surface area contributed by atoms with Gasteiger partial charge in [0, 0.05) is 11.8 Å². The van der Waals surface area contributed by atoms with Gasteiger partial charge < -0.3 is 15.2 Å². The molecule has 0 saturated carbocycles. The highest BCUT2D eigenvalue weighted by Gasteiger charge is 2.30. The number of aliphatic hydroxyl groups is 1. The Labute approximate surface area is 127 Å². The van der Waals surface area contributed by atoms with E-state index in [0.29, 0.717) is 11.3 Å². The Kier molecular flexibility index (Phi) is 4.57. The molecule has 7 heteroatoms. The highest BCUT2D eigenvalue weighted by Crippen LogP contribution is 2.20. The number of imide groups is 1. The summed E-state index contributed by atoms with van der Waals surface area (Å²) < 4.78 is 4.69.